The van der Waals surface area contributed by atoms with E-state index in [4.69, 9.17) is 15.1 Å². The summed E-state index contributed by atoms with van der Waals surface area (Å²) in [6.07, 6.45) is 0. The molecule has 0 unspecified atom stereocenters. The summed E-state index contributed by atoms with van der Waals surface area (Å²) in [6.45, 7) is -0.144. The Balaban J connectivity index is 2.50. The molecule has 0 radical (unpaired) electrons. The van der Waals surface area contributed by atoms with Crippen LogP contribution in [0.2, 0.25) is 0 Å². The number of carboxylic acids is 1. The first-order valence-corrected chi connectivity index (χ1v) is 7.35. The molecule has 0 aliphatic rings. The van der Waals surface area contributed by atoms with Gasteiger partial charge in [-0.1, -0.05) is 12.1 Å². The van der Waals surface area contributed by atoms with Crippen molar-refractivity contribution in [2.75, 3.05) is 25.6 Å². The van der Waals surface area contributed by atoms with Gasteiger partial charge in [-0.2, -0.15) is 5.26 Å². The van der Waals surface area contributed by atoms with Gasteiger partial charge in [-0.15, -0.1) is 0 Å². The largest absolute Gasteiger partial charge is 0.480 e. The Morgan fingerprint density at radius 1 is 1.40 bits per heavy atom. The molecule has 0 amide bonds. The predicted octanol–water partition coefficient (Wildman–Crippen LogP) is -0.0197. The molecule has 0 saturated heterocycles. The molecule has 0 atom stereocenters. The summed E-state index contributed by atoms with van der Waals surface area (Å²) in [4.78, 5) is 10.1. The normalized spacial score (nSPS) is 10.9. The highest BCUT2D eigenvalue weighted by Gasteiger charge is 2.17. The molecule has 1 aromatic carbocycles. The van der Waals surface area contributed by atoms with Gasteiger partial charge in [0, 0.05) is 6.54 Å². The first kappa shape index (κ1) is 16.1. The van der Waals surface area contributed by atoms with Gasteiger partial charge in [-0.05, 0) is 12.1 Å². The van der Waals surface area contributed by atoms with Gasteiger partial charge in [-0.3, -0.25) is 0 Å². The van der Waals surface area contributed by atoms with E-state index in [-0.39, 0.29) is 29.5 Å². The predicted molar refractivity (Wildman–Crippen MR) is 69.7 cm³/mol. The van der Waals surface area contributed by atoms with Crippen molar-refractivity contribution in [3.05, 3.63) is 29.8 Å². The van der Waals surface area contributed by atoms with E-state index in [1.54, 1.807) is 12.1 Å². The highest BCUT2D eigenvalue weighted by molar-refractivity contribution is 7.91. The number of benzene rings is 1. The topological polar surface area (TPSA) is 116 Å². The molecule has 0 fully saturated rings. The molecule has 0 saturated carbocycles. The lowest BCUT2D eigenvalue weighted by molar-refractivity contribution is -0.142. The minimum atomic E-state index is -3.61. The van der Waals surface area contributed by atoms with Crippen molar-refractivity contribution in [3.8, 4) is 6.07 Å². The molecule has 1 aromatic rings. The van der Waals surface area contributed by atoms with Crippen molar-refractivity contribution >= 4 is 15.8 Å². The summed E-state index contributed by atoms with van der Waals surface area (Å²) in [7, 11) is -3.61. The molecule has 7 nitrogen and oxygen atoms in total. The number of aliphatic carboxylic acids is 1. The van der Waals surface area contributed by atoms with Crippen LogP contribution in [0.15, 0.2) is 29.2 Å². The van der Waals surface area contributed by atoms with Gasteiger partial charge in [0.15, 0.2) is 9.84 Å². The van der Waals surface area contributed by atoms with Crippen LogP contribution in [0, 0.1) is 11.3 Å². The summed E-state index contributed by atoms with van der Waals surface area (Å²) < 4.78 is 28.8. The van der Waals surface area contributed by atoms with E-state index >= 15 is 0 Å². The number of nitriles is 1. The van der Waals surface area contributed by atoms with Crippen molar-refractivity contribution in [1.29, 1.82) is 5.26 Å². The van der Waals surface area contributed by atoms with Crippen LogP contribution in [0.1, 0.15) is 5.56 Å². The second-order valence-corrected chi connectivity index (χ2v) is 5.77. The smallest absolute Gasteiger partial charge is 0.329 e. The maximum absolute atomic E-state index is 12.0. The van der Waals surface area contributed by atoms with E-state index in [1.807, 2.05) is 6.07 Å². The van der Waals surface area contributed by atoms with Crippen molar-refractivity contribution in [1.82, 2.24) is 5.32 Å². The summed E-state index contributed by atoms with van der Waals surface area (Å²) in [6, 6.07) is 7.77. The zero-order chi connectivity index (χ0) is 15.0. The van der Waals surface area contributed by atoms with Crippen LogP contribution < -0.4 is 5.32 Å². The molecule has 8 heteroatoms. The molecule has 20 heavy (non-hydrogen) atoms. The minimum Gasteiger partial charge on any atom is -0.480 e. The van der Waals surface area contributed by atoms with Gasteiger partial charge in [0.1, 0.15) is 18.6 Å². The Morgan fingerprint density at radius 3 is 2.75 bits per heavy atom. The van der Waals surface area contributed by atoms with Crippen molar-refractivity contribution in [2.45, 2.75) is 4.90 Å². The van der Waals surface area contributed by atoms with Crippen LogP contribution in [-0.4, -0.2) is 45.1 Å². The number of ether oxygens (including phenoxy) is 1. The molecule has 0 aliphatic heterocycles. The zero-order valence-electron chi connectivity index (χ0n) is 10.6. The minimum absolute atomic E-state index is 0.0264. The Hall–Kier alpha value is -1.95. The third-order valence-electron chi connectivity index (χ3n) is 2.28. The van der Waals surface area contributed by atoms with Crippen LogP contribution in [0.25, 0.3) is 0 Å². The molecule has 0 bridgehead atoms. The van der Waals surface area contributed by atoms with E-state index in [2.05, 4.69) is 5.32 Å². The molecule has 0 aromatic heterocycles. The van der Waals surface area contributed by atoms with Crippen molar-refractivity contribution in [3.63, 3.8) is 0 Å². The van der Waals surface area contributed by atoms with Gasteiger partial charge in [0.05, 0.1) is 17.1 Å². The second kappa shape index (κ2) is 7.59. The summed E-state index contributed by atoms with van der Waals surface area (Å²) in [5.41, 5.74) is 0.0939. The summed E-state index contributed by atoms with van der Waals surface area (Å²) in [5.74, 6) is -1.43. The molecular formula is C12H14N2O5S. The summed E-state index contributed by atoms with van der Waals surface area (Å²) in [5, 5.41) is 19.8. The van der Waals surface area contributed by atoms with Gasteiger partial charge < -0.3 is 15.2 Å². The van der Waals surface area contributed by atoms with E-state index < -0.39 is 22.4 Å². The third kappa shape index (κ3) is 4.97. The average molecular weight is 298 g/mol. The van der Waals surface area contributed by atoms with E-state index in [9.17, 15) is 13.2 Å². The zero-order valence-corrected chi connectivity index (χ0v) is 11.4. The first-order valence-electron chi connectivity index (χ1n) is 5.69. The van der Waals surface area contributed by atoms with Crippen molar-refractivity contribution < 1.29 is 23.1 Å². The number of rotatable bonds is 8. The highest BCUT2D eigenvalue weighted by atomic mass is 32.2. The fourth-order valence-electron chi connectivity index (χ4n) is 1.42. The standard InChI is InChI=1S/C12H14N2O5S/c13-7-10-3-1-2-4-11(10)20(17,18)9-14-5-6-19-8-12(15)16/h1-4,14H,5-6,8-9H2,(H,15,16). The number of carbonyl (C=O) groups is 1. The molecular weight excluding hydrogens is 284 g/mol. The van der Waals surface area contributed by atoms with Crippen molar-refractivity contribution in [2.24, 2.45) is 0 Å². The van der Waals surface area contributed by atoms with Crippen LogP contribution >= 0.6 is 0 Å². The fourth-order valence-corrected chi connectivity index (χ4v) is 2.72. The maximum atomic E-state index is 12.0. The van der Waals surface area contributed by atoms with Gasteiger partial charge in [0.25, 0.3) is 0 Å². The quantitative estimate of drug-likeness (QED) is 0.648. The molecule has 0 aliphatic carbocycles. The van der Waals surface area contributed by atoms with E-state index in [1.165, 1.54) is 12.1 Å². The molecule has 108 valence electrons. The number of carboxylic acid groups (broad SMARTS) is 1. The maximum Gasteiger partial charge on any atom is 0.329 e. The number of hydrogen-bond acceptors (Lipinski definition) is 6. The Bertz CT molecular complexity index is 607. The average Bonchev–Trinajstić information content (AvgIpc) is 2.42. The van der Waals surface area contributed by atoms with Crippen LogP contribution in [0.3, 0.4) is 0 Å². The molecule has 1 rings (SSSR count). The Kier molecular flexibility index (Phi) is 6.11. The van der Waals surface area contributed by atoms with Gasteiger partial charge >= 0.3 is 5.97 Å². The SMILES string of the molecule is N#Cc1ccccc1S(=O)(=O)CNCCOCC(=O)O. The van der Waals surface area contributed by atoms with Crippen LogP contribution in [0.4, 0.5) is 0 Å². The van der Waals surface area contributed by atoms with Crippen LogP contribution in [-0.2, 0) is 19.4 Å². The number of hydrogen-bond donors (Lipinski definition) is 2. The molecule has 0 heterocycles. The van der Waals surface area contributed by atoms with Gasteiger partial charge in [-0.25, -0.2) is 13.2 Å². The lowest BCUT2D eigenvalue weighted by Crippen LogP contribution is -2.27. The lowest BCUT2D eigenvalue weighted by atomic mass is 10.2. The van der Waals surface area contributed by atoms with E-state index in [0.29, 0.717) is 0 Å². The monoisotopic (exact) mass is 298 g/mol. The number of sulfone groups is 1. The Labute approximate surface area is 116 Å². The fraction of sp³-hybridized carbons (Fsp3) is 0.333. The first-order chi connectivity index (χ1) is 9.47. The lowest BCUT2D eigenvalue weighted by Gasteiger charge is -2.07. The Morgan fingerprint density at radius 2 is 2.10 bits per heavy atom. The number of nitrogens with one attached hydrogen (secondary N) is 1. The van der Waals surface area contributed by atoms with Gasteiger partial charge in [0.2, 0.25) is 0 Å². The summed E-state index contributed by atoms with van der Waals surface area (Å²) >= 11 is 0. The molecule has 0 spiro atoms. The second-order valence-electron chi connectivity index (χ2n) is 3.81. The molecule has 2 N–H and O–H groups in total. The van der Waals surface area contributed by atoms with E-state index in [0.717, 1.165) is 0 Å². The number of nitrogens with zero attached hydrogens (tertiary/aromatic N) is 1. The third-order valence-corrected chi connectivity index (χ3v) is 3.89. The van der Waals surface area contributed by atoms with Crippen LogP contribution in [0.5, 0.6) is 0 Å². The highest BCUT2D eigenvalue weighted by Crippen LogP contribution is 2.15.